The van der Waals surface area contributed by atoms with Crippen LogP contribution in [0.3, 0.4) is 0 Å². The van der Waals surface area contributed by atoms with Gasteiger partial charge in [-0.05, 0) is 79.2 Å². The molecule has 2 fully saturated rings. The lowest BCUT2D eigenvalue weighted by atomic mass is 10.0. The summed E-state index contributed by atoms with van der Waals surface area (Å²) in [5, 5.41) is 5.40. The van der Waals surface area contributed by atoms with Crippen molar-refractivity contribution in [2.75, 3.05) is 27.3 Å². The Balaban J connectivity index is 1.08. The number of nitrogens with zero attached hydrogens (tertiary/aromatic N) is 4. The van der Waals surface area contributed by atoms with Crippen molar-refractivity contribution in [3.8, 4) is 11.1 Å². The van der Waals surface area contributed by atoms with Crippen molar-refractivity contribution in [2.45, 2.75) is 90.4 Å². The zero-order valence-corrected chi connectivity index (χ0v) is 32.0. The van der Waals surface area contributed by atoms with E-state index in [9.17, 15) is 19.2 Å². The topological polar surface area (TPSA) is 175 Å². The normalized spacial score (nSPS) is 18.3. The molecule has 54 heavy (non-hydrogen) atoms. The number of methoxy groups -OCH3 is 2. The standard InChI is InChI=1S/C40H52N8O6/c1-23(2)33(45-39(51)53-5)37(49)47-19-7-9-31(47)35-41-22-28(42-35)17-13-25-11-14-26(15-12-25)27-16-18-29-30(21-27)44-36(43-29)32-10-8-20-48(32)38(50)34(24(3)4)46-40(52)54-6/h11-12,14-16,18,21-24,31-34H,7-10,13,17,19-20H2,1-6H3,(H,41,42)(H,43,44)(H,45,51)(H,46,52)/t31-,32-,33-,34-/m0/s1. The lowest BCUT2D eigenvalue weighted by molar-refractivity contribution is -0.136. The van der Waals surface area contributed by atoms with Crippen molar-refractivity contribution in [2.24, 2.45) is 11.8 Å². The number of H-pyrrole nitrogens is 2. The quantitative estimate of drug-likeness (QED) is 0.140. The molecule has 6 rings (SSSR count). The van der Waals surface area contributed by atoms with E-state index in [1.807, 2.05) is 49.8 Å². The van der Waals surface area contributed by atoms with E-state index >= 15 is 0 Å². The van der Waals surface area contributed by atoms with Crippen molar-refractivity contribution in [1.29, 1.82) is 0 Å². The molecule has 14 nitrogen and oxygen atoms in total. The Kier molecular flexibility index (Phi) is 11.9. The molecule has 4 atom stereocenters. The molecule has 4 amide bonds. The number of alkyl carbamates (subject to hydrolysis) is 2. The highest BCUT2D eigenvalue weighted by Crippen LogP contribution is 2.34. The Morgan fingerprint density at radius 1 is 0.759 bits per heavy atom. The van der Waals surface area contributed by atoms with E-state index in [0.29, 0.717) is 13.1 Å². The number of ether oxygens (including phenoxy) is 2. The number of nitrogens with one attached hydrogen (secondary N) is 4. The lowest BCUT2D eigenvalue weighted by Crippen LogP contribution is -2.51. The van der Waals surface area contributed by atoms with Gasteiger partial charge in [0.05, 0.1) is 37.3 Å². The van der Waals surface area contributed by atoms with E-state index in [1.165, 1.54) is 19.8 Å². The van der Waals surface area contributed by atoms with Crippen LogP contribution in [-0.2, 0) is 31.9 Å². The first kappa shape index (κ1) is 38.3. The van der Waals surface area contributed by atoms with Crippen molar-refractivity contribution < 1.29 is 28.7 Å². The van der Waals surface area contributed by atoms with Crippen LogP contribution >= 0.6 is 0 Å². The second kappa shape index (κ2) is 16.7. The van der Waals surface area contributed by atoms with Gasteiger partial charge in [0.1, 0.15) is 23.7 Å². The van der Waals surface area contributed by atoms with Gasteiger partial charge in [-0.2, -0.15) is 0 Å². The number of benzene rings is 2. The maximum atomic E-state index is 13.6. The molecule has 0 saturated carbocycles. The van der Waals surface area contributed by atoms with Gasteiger partial charge in [0.15, 0.2) is 0 Å². The van der Waals surface area contributed by atoms with Crippen LogP contribution in [-0.4, -0.2) is 93.1 Å². The van der Waals surface area contributed by atoms with Gasteiger partial charge >= 0.3 is 12.2 Å². The van der Waals surface area contributed by atoms with Crippen LogP contribution in [0, 0.1) is 11.8 Å². The van der Waals surface area contributed by atoms with E-state index < -0.39 is 24.3 Å². The third kappa shape index (κ3) is 8.37. The summed E-state index contributed by atoms with van der Waals surface area (Å²) in [5.74, 6) is 1.06. The Hall–Kier alpha value is -5.40. The number of amides is 4. The minimum atomic E-state index is -0.684. The van der Waals surface area contributed by atoms with E-state index in [2.05, 4.69) is 62.0 Å². The maximum absolute atomic E-state index is 13.6. The first-order chi connectivity index (χ1) is 26.0. The first-order valence-electron chi connectivity index (χ1n) is 18.9. The van der Waals surface area contributed by atoms with Gasteiger partial charge in [-0.25, -0.2) is 19.6 Å². The summed E-state index contributed by atoms with van der Waals surface area (Å²) >= 11 is 0. The highest BCUT2D eigenvalue weighted by Gasteiger charge is 2.39. The van der Waals surface area contributed by atoms with Gasteiger partial charge < -0.3 is 39.9 Å². The van der Waals surface area contributed by atoms with E-state index in [4.69, 9.17) is 14.5 Å². The fourth-order valence-electron chi connectivity index (χ4n) is 7.57. The number of likely N-dealkylation sites (tertiary alicyclic amines) is 2. The van der Waals surface area contributed by atoms with Gasteiger partial charge in [-0.1, -0.05) is 58.0 Å². The fraction of sp³-hybridized carbons (Fsp3) is 0.500. The van der Waals surface area contributed by atoms with Gasteiger partial charge in [0, 0.05) is 25.0 Å². The molecule has 0 spiro atoms. The number of carbonyl (C=O) groups excluding carboxylic acids is 4. The summed E-state index contributed by atoms with van der Waals surface area (Å²) in [5.41, 5.74) is 6.07. The van der Waals surface area contributed by atoms with Crippen LogP contribution < -0.4 is 10.6 Å². The highest BCUT2D eigenvalue weighted by molar-refractivity contribution is 5.87. The Labute approximate surface area is 315 Å². The van der Waals surface area contributed by atoms with Crippen LogP contribution in [0.1, 0.15) is 88.4 Å². The summed E-state index contributed by atoms with van der Waals surface area (Å²) in [4.78, 5) is 71.0. The Morgan fingerprint density at radius 3 is 1.87 bits per heavy atom. The van der Waals surface area contributed by atoms with Crippen LogP contribution in [0.15, 0.2) is 48.7 Å². The van der Waals surface area contributed by atoms with Crippen molar-refractivity contribution in [3.05, 3.63) is 71.6 Å². The molecule has 2 saturated heterocycles. The van der Waals surface area contributed by atoms with Crippen molar-refractivity contribution in [3.63, 3.8) is 0 Å². The van der Waals surface area contributed by atoms with Crippen LogP contribution in [0.4, 0.5) is 9.59 Å². The summed E-state index contributed by atoms with van der Waals surface area (Å²) in [6.07, 6.45) is 5.52. The molecule has 2 aliphatic rings. The fourth-order valence-corrected chi connectivity index (χ4v) is 7.57. The molecule has 4 N–H and O–H groups in total. The van der Waals surface area contributed by atoms with Crippen LogP contribution in [0.25, 0.3) is 22.2 Å². The molecule has 288 valence electrons. The van der Waals surface area contributed by atoms with Gasteiger partial charge in [-0.15, -0.1) is 0 Å². The Bertz CT molecular complexity index is 1950. The number of hydrogen-bond donors (Lipinski definition) is 4. The summed E-state index contributed by atoms with van der Waals surface area (Å²) in [6.45, 7) is 8.84. The second-order valence-electron chi connectivity index (χ2n) is 14.9. The maximum Gasteiger partial charge on any atom is 0.407 e. The number of carbonyl (C=O) groups is 4. The number of aryl methyl sites for hydroxylation is 2. The summed E-state index contributed by atoms with van der Waals surface area (Å²) in [7, 11) is 2.59. The predicted molar refractivity (Wildman–Crippen MR) is 203 cm³/mol. The van der Waals surface area contributed by atoms with Crippen molar-refractivity contribution >= 4 is 35.0 Å². The zero-order valence-electron chi connectivity index (χ0n) is 32.0. The average molecular weight is 741 g/mol. The number of aromatic amines is 2. The second-order valence-corrected chi connectivity index (χ2v) is 14.9. The minimum absolute atomic E-state index is 0.0906. The van der Waals surface area contributed by atoms with E-state index in [0.717, 1.165) is 78.0 Å². The molecule has 0 radical (unpaired) electrons. The molecule has 2 aliphatic heterocycles. The van der Waals surface area contributed by atoms with Crippen LogP contribution in [0.5, 0.6) is 0 Å². The zero-order chi connectivity index (χ0) is 38.5. The molecule has 0 aliphatic carbocycles. The van der Waals surface area contributed by atoms with E-state index in [1.54, 1.807) is 0 Å². The van der Waals surface area contributed by atoms with Gasteiger partial charge in [0.2, 0.25) is 11.8 Å². The smallest absolute Gasteiger partial charge is 0.407 e. The third-order valence-electron chi connectivity index (χ3n) is 10.6. The molecule has 14 heteroatoms. The third-order valence-corrected chi connectivity index (χ3v) is 10.6. The molecule has 4 aromatic rings. The molecule has 2 aromatic heterocycles. The monoisotopic (exact) mass is 740 g/mol. The first-order valence-corrected chi connectivity index (χ1v) is 18.9. The number of hydrogen-bond acceptors (Lipinski definition) is 8. The van der Waals surface area contributed by atoms with Crippen molar-refractivity contribution in [1.82, 2.24) is 40.4 Å². The number of aromatic nitrogens is 4. The SMILES string of the molecule is COC(=O)N[C@H](C(=O)N1CCC[C@H]1c1ncc(CCc2ccc(-c3ccc4nc([C@@H]5CCCN5C(=O)[C@@H](NC(=O)OC)C(C)C)[nH]c4c3)cc2)[nH]1)C(C)C. The lowest BCUT2D eigenvalue weighted by Gasteiger charge is -2.30. The highest BCUT2D eigenvalue weighted by atomic mass is 16.5. The average Bonchev–Trinajstić information content (AvgIpc) is 4.00. The van der Waals surface area contributed by atoms with Crippen LogP contribution in [0.2, 0.25) is 0 Å². The summed E-state index contributed by atoms with van der Waals surface area (Å²) < 4.78 is 9.51. The molecule has 0 bridgehead atoms. The van der Waals surface area contributed by atoms with E-state index in [-0.39, 0.29) is 35.7 Å². The number of rotatable bonds is 12. The van der Waals surface area contributed by atoms with Gasteiger partial charge in [-0.3, -0.25) is 9.59 Å². The molecular formula is C40H52N8O6. The molecule has 4 heterocycles. The molecular weight excluding hydrogens is 688 g/mol. The molecule has 0 unspecified atom stereocenters. The number of fused-ring (bicyclic) bond motifs is 1. The molecule has 2 aromatic carbocycles. The summed E-state index contributed by atoms with van der Waals surface area (Å²) in [6, 6.07) is 13.0. The predicted octanol–water partition coefficient (Wildman–Crippen LogP) is 5.83. The number of imidazole rings is 2. The largest absolute Gasteiger partial charge is 0.453 e. The van der Waals surface area contributed by atoms with Gasteiger partial charge in [0.25, 0.3) is 0 Å². The minimum Gasteiger partial charge on any atom is -0.453 e. The Morgan fingerprint density at radius 2 is 1.31 bits per heavy atom.